The van der Waals surface area contributed by atoms with Gasteiger partial charge in [-0.05, 0) is 44.5 Å². The summed E-state index contributed by atoms with van der Waals surface area (Å²) in [5.41, 5.74) is 2.41. The first-order valence-electron chi connectivity index (χ1n) is 6.16. The average molecular weight is 249 g/mol. The van der Waals surface area contributed by atoms with E-state index in [2.05, 4.69) is 24.9 Å². The van der Waals surface area contributed by atoms with Crippen LogP contribution >= 0.6 is 0 Å². The largest absolute Gasteiger partial charge is 0.493 e. The lowest BCUT2D eigenvalue weighted by atomic mass is 9.99. The summed E-state index contributed by atoms with van der Waals surface area (Å²) in [5.74, 6) is 1.53. The van der Waals surface area contributed by atoms with Crippen LogP contribution < -0.4 is 14.8 Å². The number of hydrogen-bond donors (Lipinski definition) is 1. The third kappa shape index (κ3) is 3.77. The van der Waals surface area contributed by atoms with Crippen LogP contribution in [0.25, 0.3) is 0 Å². The van der Waals surface area contributed by atoms with Crippen LogP contribution in [0.15, 0.2) is 30.4 Å². The van der Waals surface area contributed by atoms with Gasteiger partial charge >= 0.3 is 0 Å². The number of hydrogen-bond acceptors (Lipinski definition) is 3. The number of allylic oxidation sites excluding steroid dienone is 1. The first-order chi connectivity index (χ1) is 8.62. The SMILES string of the molecule is C=C(C)CCC(NC)c1ccc(OC)c(OC)c1. The summed E-state index contributed by atoms with van der Waals surface area (Å²) in [6.45, 7) is 6.00. The van der Waals surface area contributed by atoms with E-state index in [0.29, 0.717) is 6.04 Å². The number of nitrogens with one attached hydrogen (secondary N) is 1. The molecule has 1 aromatic carbocycles. The lowest BCUT2D eigenvalue weighted by molar-refractivity contribution is 0.353. The summed E-state index contributed by atoms with van der Waals surface area (Å²) in [5, 5.41) is 3.33. The molecule has 0 radical (unpaired) electrons. The van der Waals surface area contributed by atoms with Crippen molar-refractivity contribution in [1.29, 1.82) is 0 Å². The van der Waals surface area contributed by atoms with Crippen LogP contribution in [-0.2, 0) is 0 Å². The number of ether oxygens (including phenoxy) is 2. The summed E-state index contributed by atoms with van der Waals surface area (Å²) in [4.78, 5) is 0. The number of methoxy groups -OCH3 is 2. The zero-order chi connectivity index (χ0) is 13.5. The van der Waals surface area contributed by atoms with Gasteiger partial charge in [0.25, 0.3) is 0 Å². The standard InChI is InChI=1S/C15H23NO2/c1-11(2)6-8-13(16-3)12-7-9-14(17-4)15(10-12)18-5/h7,9-10,13,16H,1,6,8H2,2-5H3. The zero-order valence-corrected chi connectivity index (χ0v) is 11.7. The summed E-state index contributed by atoms with van der Waals surface area (Å²) in [6.07, 6.45) is 2.04. The van der Waals surface area contributed by atoms with Crippen LogP contribution in [0.4, 0.5) is 0 Å². The molecule has 0 saturated heterocycles. The molecule has 3 nitrogen and oxygen atoms in total. The third-order valence-electron chi connectivity index (χ3n) is 3.02. The normalized spacial score (nSPS) is 12.0. The van der Waals surface area contributed by atoms with E-state index in [0.717, 1.165) is 24.3 Å². The topological polar surface area (TPSA) is 30.5 Å². The van der Waals surface area contributed by atoms with Gasteiger partial charge in [0.15, 0.2) is 11.5 Å². The Balaban J connectivity index is 2.88. The van der Waals surface area contributed by atoms with Gasteiger partial charge in [-0.1, -0.05) is 11.6 Å². The first kappa shape index (κ1) is 14.6. The van der Waals surface area contributed by atoms with E-state index in [1.165, 1.54) is 11.1 Å². The molecule has 3 heteroatoms. The summed E-state index contributed by atoms with van der Waals surface area (Å²) < 4.78 is 10.6. The first-order valence-corrected chi connectivity index (χ1v) is 6.16. The van der Waals surface area contributed by atoms with Gasteiger partial charge < -0.3 is 14.8 Å². The number of benzene rings is 1. The fourth-order valence-corrected chi connectivity index (χ4v) is 1.94. The minimum absolute atomic E-state index is 0.307. The summed E-state index contributed by atoms with van der Waals surface area (Å²) >= 11 is 0. The van der Waals surface area contributed by atoms with Crippen LogP contribution in [0.2, 0.25) is 0 Å². The highest BCUT2D eigenvalue weighted by Crippen LogP contribution is 2.31. The van der Waals surface area contributed by atoms with Gasteiger partial charge in [0.2, 0.25) is 0 Å². The highest BCUT2D eigenvalue weighted by Gasteiger charge is 2.12. The Kier molecular flexibility index (Phi) is 5.72. The second-order valence-electron chi connectivity index (χ2n) is 4.45. The van der Waals surface area contributed by atoms with Crippen LogP contribution in [-0.4, -0.2) is 21.3 Å². The molecule has 0 aromatic heterocycles. The molecule has 1 aromatic rings. The van der Waals surface area contributed by atoms with E-state index in [-0.39, 0.29) is 0 Å². The van der Waals surface area contributed by atoms with Gasteiger partial charge in [0, 0.05) is 6.04 Å². The lowest BCUT2D eigenvalue weighted by Crippen LogP contribution is -2.16. The number of rotatable bonds is 7. The van der Waals surface area contributed by atoms with Gasteiger partial charge in [0.1, 0.15) is 0 Å². The lowest BCUT2D eigenvalue weighted by Gasteiger charge is -2.18. The van der Waals surface area contributed by atoms with E-state index in [1.807, 2.05) is 19.2 Å². The van der Waals surface area contributed by atoms with Crippen molar-refractivity contribution in [2.45, 2.75) is 25.8 Å². The molecule has 1 atom stereocenters. The molecular formula is C15H23NO2. The predicted molar refractivity (Wildman–Crippen MR) is 75.4 cm³/mol. The molecule has 1 unspecified atom stereocenters. The summed E-state index contributed by atoms with van der Waals surface area (Å²) in [7, 11) is 5.28. The monoisotopic (exact) mass is 249 g/mol. The van der Waals surface area contributed by atoms with Crippen molar-refractivity contribution in [3.05, 3.63) is 35.9 Å². The molecule has 18 heavy (non-hydrogen) atoms. The Labute approximate surface area is 110 Å². The molecule has 0 bridgehead atoms. The van der Waals surface area contributed by atoms with E-state index >= 15 is 0 Å². The Morgan fingerprint density at radius 3 is 2.44 bits per heavy atom. The van der Waals surface area contributed by atoms with Gasteiger partial charge in [-0.25, -0.2) is 0 Å². The Hall–Kier alpha value is -1.48. The third-order valence-corrected chi connectivity index (χ3v) is 3.02. The highest BCUT2D eigenvalue weighted by molar-refractivity contribution is 5.43. The predicted octanol–water partition coefficient (Wildman–Crippen LogP) is 3.32. The Morgan fingerprint density at radius 2 is 1.94 bits per heavy atom. The molecule has 1 rings (SSSR count). The van der Waals surface area contributed by atoms with E-state index in [1.54, 1.807) is 14.2 Å². The molecule has 0 spiro atoms. The van der Waals surface area contributed by atoms with E-state index in [4.69, 9.17) is 9.47 Å². The quantitative estimate of drug-likeness (QED) is 0.752. The Morgan fingerprint density at radius 1 is 1.28 bits per heavy atom. The maximum atomic E-state index is 5.33. The van der Waals surface area contributed by atoms with Crippen molar-refractivity contribution in [2.75, 3.05) is 21.3 Å². The van der Waals surface area contributed by atoms with Crippen molar-refractivity contribution in [3.8, 4) is 11.5 Å². The molecule has 0 amide bonds. The van der Waals surface area contributed by atoms with Gasteiger partial charge in [-0.15, -0.1) is 6.58 Å². The van der Waals surface area contributed by atoms with Crippen LogP contribution in [0.5, 0.6) is 11.5 Å². The second-order valence-corrected chi connectivity index (χ2v) is 4.45. The molecule has 0 aliphatic rings. The van der Waals surface area contributed by atoms with E-state index < -0.39 is 0 Å². The Bertz CT molecular complexity index is 401. The van der Waals surface area contributed by atoms with Crippen LogP contribution in [0, 0.1) is 0 Å². The maximum absolute atomic E-state index is 5.33. The average Bonchev–Trinajstić information content (AvgIpc) is 2.38. The minimum Gasteiger partial charge on any atom is -0.493 e. The molecule has 0 heterocycles. The molecule has 0 aliphatic heterocycles. The molecule has 0 aliphatic carbocycles. The van der Waals surface area contributed by atoms with Gasteiger partial charge in [0.05, 0.1) is 14.2 Å². The molecule has 0 fully saturated rings. The fraction of sp³-hybridized carbons (Fsp3) is 0.467. The minimum atomic E-state index is 0.307. The van der Waals surface area contributed by atoms with Crippen molar-refractivity contribution >= 4 is 0 Å². The highest BCUT2D eigenvalue weighted by atomic mass is 16.5. The van der Waals surface area contributed by atoms with Crippen molar-refractivity contribution < 1.29 is 9.47 Å². The van der Waals surface area contributed by atoms with E-state index in [9.17, 15) is 0 Å². The second kappa shape index (κ2) is 7.07. The van der Waals surface area contributed by atoms with Crippen LogP contribution in [0.3, 0.4) is 0 Å². The van der Waals surface area contributed by atoms with Crippen molar-refractivity contribution in [3.63, 3.8) is 0 Å². The fourth-order valence-electron chi connectivity index (χ4n) is 1.94. The smallest absolute Gasteiger partial charge is 0.161 e. The summed E-state index contributed by atoms with van der Waals surface area (Å²) in [6, 6.07) is 6.35. The molecule has 1 N–H and O–H groups in total. The molecular weight excluding hydrogens is 226 g/mol. The zero-order valence-electron chi connectivity index (χ0n) is 11.7. The maximum Gasteiger partial charge on any atom is 0.161 e. The molecule has 100 valence electrons. The van der Waals surface area contributed by atoms with Crippen molar-refractivity contribution in [1.82, 2.24) is 5.32 Å². The molecule has 0 saturated carbocycles. The van der Waals surface area contributed by atoms with Gasteiger partial charge in [-0.2, -0.15) is 0 Å². The van der Waals surface area contributed by atoms with Crippen LogP contribution in [0.1, 0.15) is 31.4 Å². The van der Waals surface area contributed by atoms with Crippen molar-refractivity contribution in [2.24, 2.45) is 0 Å². The van der Waals surface area contributed by atoms with Gasteiger partial charge in [-0.3, -0.25) is 0 Å².